The van der Waals surface area contributed by atoms with Crippen molar-refractivity contribution in [3.63, 3.8) is 0 Å². The van der Waals surface area contributed by atoms with Gasteiger partial charge < -0.3 is 5.32 Å². The van der Waals surface area contributed by atoms with Crippen LogP contribution in [0, 0.1) is 11.8 Å². The van der Waals surface area contributed by atoms with Gasteiger partial charge in [0.1, 0.15) is 0 Å². The molecule has 1 nitrogen and oxygen atoms in total. The summed E-state index contributed by atoms with van der Waals surface area (Å²) in [6.07, 6.45) is 8.38. The Labute approximate surface area is 89.7 Å². The lowest BCUT2D eigenvalue weighted by atomic mass is 9.94. The van der Waals surface area contributed by atoms with E-state index in [9.17, 15) is 0 Å². The fraction of sp³-hybridized carbons (Fsp3) is 1.00. The number of rotatable bonds is 6. The van der Waals surface area contributed by atoms with E-state index in [-0.39, 0.29) is 0 Å². The molecule has 0 aromatic carbocycles. The van der Waals surface area contributed by atoms with Gasteiger partial charge in [0.15, 0.2) is 0 Å². The average molecular weight is 197 g/mol. The second-order valence-electron chi connectivity index (χ2n) is 4.82. The zero-order valence-electron chi connectivity index (χ0n) is 10.2. The fourth-order valence-corrected chi connectivity index (χ4v) is 2.82. The molecule has 0 bridgehead atoms. The highest BCUT2D eigenvalue weighted by molar-refractivity contribution is 4.83. The number of hydrogen-bond donors (Lipinski definition) is 1. The third-order valence-electron chi connectivity index (χ3n) is 3.82. The predicted molar refractivity (Wildman–Crippen MR) is 63.5 cm³/mol. The van der Waals surface area contributed by atoms with E-state index < -0.39 is 0 Å². The van der Waals surface area contributed by atoms with E-state index in [0.717, 1.165) is 17.9 Å². The quantitative estimate of drug-likeness (QED) is 0.686. The van der Waals surface area contributed by atoms with Crippen molar-refractivity contribution in [1.29, 1.82) is 0 Å². The minimum atomic E-state index is 0.798. The Morgan fingerprint density at radius 2 is 2.00 bits per heavy atom. The standard InChI is InChI=1S/C13H27N/c1-4-9-14-13(6-3)12-8-7-11(5-2)10-12/h11-14H,4-10H2,1-3H3. The van der Waals surface area contributed by atoms with Gasteiger partial charge in [-0.2, -0.15) is 0 Å². The van der Waals surface area contributed by atoms with E-state index in [2.05, 4.69) is 26.1 Å². The first-order chi connectivity index (χ1) is 6.81. The maximum absolute atomic E-state index is 3.71. The molecule has 1 aliphatic carbocycles. The third kappa shape index (κ3) is 3.27. The smallest absolute Gasteiger partial charge is 0.00928 e. The Balaban J connectivity index is 2.30. The molecule has 1 aliphatic rings. The van der Waals surface area contributed by atoms with Crippen LogP contribution in [0.25, 0.3) is 0 Å². The molecule has 0 heterocycles. The largest absolute Gasteiger partial charge is 0.314 e. The molecule has 84 valence electrons. The molecular formula is C13H27N. The SMILES string of the molecule is CCCNC(CC)C1CCC(CC)C1. The molecule has 1 rings (SSSR count). The zero-order chi connectivity index (χ0) is 10.4. The van der Waals surface area contributed by atoms with Gasteiger partial charge in [-0.15, -0.1) is 0 Å². The second kappa shape index (κ2) is 6.44. The molecular weight excluding hydrogens is 170 g/mol. The first kappa shape index (κ1) is 12.0. The van der Waals surface area contributed by atoms with Crippen LogP contribution < -0.4 is 5.32 Å². The predicted octanol–water partition coefficient (Wildman–Crippen LogP) is 3.59. The van der Waals surface area contributed by atoms with Crippen molar-refractivity contribution in [3.8, 4) is 0 Å². The Morgan fingerprint density at radius 3 is 2.50 bits per heavy atom. The summed E-state index contributed by atoms with van der Waals surface area (Å²) in [7, 11) is 0. The van der Waals surface area contributed by atoms with Crippen LogP contribution in [0.1, 0.15) is 59.3 Å². The molecule has 3 unspecified atom stereocenters. The van der Waals surface area contributed by atoms with Crippen molar-refractivity contribution < 1.29 is 0 Å². The van der Waals surface area contributed by atoms with Gasteiger partial charge in [-0.25, -0.2) is 0 Å². The number of nitrogens with one attached hydrogen (secondary N) is 1. The highest BCUT2D eigenvalue weighted by atomic mass is 14.9. The van der Waals surface area contributed by atoms with Crippen LogP contribution >= 0.6 is 0 Å². The molecule has 0 aromatic rings. The average Bonchev–Trinajstić information content (AvgIpc) is 2.68. The first-order valence-electron chi connectivity index (χ1n) is 6.55. The Bertz CT molecular complexity index is 144. The van der Waals surface area contributed by atoms with Crippen LogP contribution in [0.4, 0.5) is 0 Å². The van der Waals surface area contributed by atoms with E-state index in [0.29, 0.717) is 0 Å². The van der Waals surface area contributed by atoms with Crippen LogP contribution in [-0.4, -0.2) is 12.6 Å². The summed E-state index contributed by atoms with van der Waals surface area (Å²) in [5.74, 6) is 1.99. The van der Waals surface area contributed by atoms with Crippen molar-refractivity contribution in [1.82, 2.24) is 5.32 Å². The van der Waals surface area contributed by atoms with Gasteiger partial charge in [-0.3, -0.25) is 0 Å². The molecule has 14 heavy (non-hydrogen) atoms. The Kier molecular flexibility index (Phi) is 5.54. The summed E-state index contributed by atoms with van der Waals surface area (Å²) < 4.78 is 0. The Morgan fingerprint density at radius 1 is 1.21 bits per heavy atom. The topological polar surface area (TPSA) is 12.0 Å². The van der Waals surface area contributed by atoms with Gasteiger partial charge in [0.05, 0.1) is 0 Å². The maximum atomic E-state index is 3.71. The first-order valence-corrected chi connectivity index (χ1v) is 6.55. The molecule has 1 fully saturated rings. The molecule has 1 N–H and O–H groups in total. The van der Waals surface area contributed by atoms with Crippen molar-refractivity contribution in [2.75, 3.05) is 6.54 Å². The van der Waals surface area contributed by atoms with Crippen LogP contribution in [0.5, 0.6) is 0 Å². The van der Waals surface area contributed by atoms with Crippen molar-refractivity contribution in [2.45, 2.75) is 65.3 Å². The van der Waals surface area contributed by atoms with E-state index in [4.69, 9.17) is 0 Å². The lowest BCUT2D eigenvalue weighted by Crippen LogP contribution is -2.35. The molecule has 0 aliphatic heterocycles. The van der Waals surface area contributed by atoms with Gasteiger partial charge in [0.25, 0.3) is 0 Å². The summed E-state index contributed by atoms with van der Waals surface area (Å²) in [6.45, 7) is 8.12. The van der Waals surface area contributed by atoms with Gasteiger partial charge in [0, 0.05) is 6.04 Å². The summed E-state index contributed by atoms with van der Waals surface area (Å²) in [5.41, 5.74) is 0. The summed E-state index contributed by atoms with van der Waals surface area (Å²) in [5, 5.41) is 3.71. The van der Waals surface area contributed by atoms with E-state index in [1.165, 1.54) is 45.1 Å². The molecule has 0 radical (unpaired) electrons. The van der Waals surface area contributed by atoms with E-state index in [1.807, 2.05) is 0 Å². The van der Waals surface area contributed by atoms with Crippen LogP contribution in [-0.2, 0) is 0 Å². The van der Waals surface area contributed by atoms with Crippen molar-refractivity contribution in [2.24, 2.45) is 11.8 Å². The summed E-state index contributed by atoms with van der Waals surface area (Å²) >= 11 is 0. The second-order valence-corrected chi connectivity index (χ2v) is 4.82. The highest BCUT2D eigenvalue weighted by Gasteiger charge is 2.28. The molecule has 0 saturated heterocycles. The molecule has 0 aromatic heterocycles. The lowest BCUT2D eigenvalue weighted by molar-refractivity contribution is 0.338. The molecule has 0 spiro atoms. The molecule has 1 heteroatoms. The maximum Gasteiger partial charge on any atom is 0.00928 e. The van der Waals surface area contributed by atoms with Gasteiger partial charge in [-0.1, -0.05) is 33.6 Å². The summed E-state index contributed by atoms with van der Waals surface area (Å²) in [6, 6.07) is 0.798. The Hall–Kier alpha value is -0.0400. The normalized spacial score (nSPS) is 29.4. The zero-order valence-corrected chi connectivity index (χ0v) is 10.2. The number of hydrogen-bond acceptors (Lipinski definition) is 1. The van der Waals surface area contributed by atoms with Crippen LogP contribution in [0.3, 0.4) is 0 Å². The van der Waals surface area contributed by atoms with Crippen LogP contribution in [0.15, 0.2) is 0 Å². The molecule has 3 atom stereocenters. The minimum Gasteiger partial charge on any atom is -0.314 e. The molecule has 1 saturated carbocycles. The fourth-order valence-electron chi connectivity index (χ4n) is 2.82. The summed E-state index contributed by atoms with van der Waals surface area (Å²) in [4.78, 5) is 0. The van der Waals surface area contributed by atoms with Gasteiger partial charge in [0.2, 0.25) is 0 Å². The lowest BCUT2D eigenvalue weighted by Gasteiger charge is -2.23. The van der Waals surface area contributed by atoms with E-state index in [1.54, 1.807) is 0 Å². The van der Waals surface area contributed by atoms with E-state index >= 15 is 0 Å². The third-order valence-corrected chi connectivity index (χ3v) is 3.82. The highest BCUT2D eigenvalue weighted by Crippen LogP contribution is 2.35. The van der Waals surface area contributed by atoms with Gasteiger partial charge >= 0.3 is 0 Å². The minimum absolute atomic E-state index is 0.798. The van der Waals surface area contributed by atoms with Gasteiger partial charge in [-0.05, 0) is 44.1 Å². The van der Waals surface area contributed by atoms with Crippen LogP contribution in [0.2, 0.25) is 0 Å². The van der Waals surface area contributed by atoms with Crippen molar-refractivity contribution in [3.05, 3.63) is 0 Å². The van der Waals surface area contributed by atoms with Crippen molar-refractivity contribution >= 4 is 0 Å². The monoisotopic (exact) mass is 197 g/mol. The molecule has 0 amide bonds.